The summed E-state index contributed by atoms with van der Waals surface area (Å²) in [5.41, 5.74) is 3.58. The highest BCUT2D eigenvalue weighted by Gasteiger charge is 2.19. The maximum atomic E-state index is 12.7. The number of carbonyl (C=O) groups excluding carboxylic acids is 1. The zero-order chi connectivity index (χ0) is 18.6. The second-order valence-electron chi connectivity index (χ2n) is 7.20. The van der Waals surface area contributed by atoms with Crippen LogP contribution in [0.15, 0.2) is 60.7 Å². The van der Waals surface area contributed by atoms with Gasteiger partial charge in [-0.3, -0.25) is 4.79 Å². The number of hydrogen-bond donors (Lipinski definition) is 1. The third kappa shape index (κ3) is 3.97. The van der Waals surface area contributed by atoms with Crippen LogP contribution in [0.4, 0.5) is 5.69 Å². The van der Waals surface area contributed by atoms with E-state index in [-0.39, 0.29) is 5.91 Å². The summed E-state index contributed by atoms with van der Waals surface area (Å²) in [5.74, 6) is 0.682. The Morgan fingerprint density at radius 1 is 0.963 bits per heavy atom. The van der Waals surface area contributed by atoms with Gasteiger partial charge in [-0.2, -0.15) is 0 Å². The van der Waals surface area contributed by atoms with E-state index in [1.807, 2.05) is 49.4 Å². The van der Waals surface area contributed by atoms with Crippen LogP contribution in [0, 0.1) is 0 Å². The summed E-state index contributed by atoms with van der Waals surface area (Å²) in [7, 11) is 0. The van der Waals surface area contributed by atoms with Gasteiger partial charge in [0.25, 0.3) is 5.91 Å². The van der Waals surface area contributed by atoms with Crippen molar-refractivity contribution in [3.63, 3.8) is 0 Å². The average Bonchev–Trinajstić information content (AvgIpc) is 2.71. The predicted octanol–water partition coefficient (Wildman–Crippen LogP) is 5.51. The first-order valence-corrected chi connectivity index (χ1v) is 9.81. The molecular formula is C24H25NO2. The fourth-order valence-corrected chi connectivity index (χ4v) is 3.76. The molecule has 1 atom stereocenters. The summed E-state index contributed by atoms with van der Waals surface area (Å²) in [4.78, 5) is 12.7. The SMILES string of the molecule is CC[C@@H](Oc1ccc2c(c1)CCCC2)C(=O)Nc1ccc2ccccc2c1. The molecule has 0 aromatic heterocycles. The highest BCUT2D eigenvalue weighted by Crippen LogP contribution is 2.26. The lowest BCUT2D eigenvalue weighted by molar-refractivity contribution is -0.122. The molecule has 0 heterocycles. The van der Waals surface area contributed by atoms with Crippen molar-refractivity contribution in [1.82, 2.24) is 0 Å². The number of amides is 1. The molecule has 0 unspecified atom stereocenters. The number of rotatable bonds is 5. The van der Waals surface area contributed by atoms with Crippen molar-refractivity contribution >= 4 is 22.4 Å². The molecule has 1 aliphatic carbocycles. The third-order valence-electron chi connectivity index (χ3n) is 5.28. The van der Waals surface area contributed by atoms with E-state index >= 15 is 0 Å². The normalized spacial score (nSPS) is 14.4. The molecule has 0 saturated heterocycles. The summed E-state index contributed by atoms with van der Waals surface area (Å²) in [5, 5.41) is 5.27. The summed E-state index contributed by atoms with van der Waals surface area (Å²) >= 11 is 0. The average molecular weight is 359 g/mol. The molecule has 138 valence electrons. The Bertz CT molecular complexity index is 964. The predicted molar refractivity (Wildman–Crippen MR) is 110 cm³/mol. The first-order valence-electron chi connectivity index (χ1n) is 9.81. The number of anilines is 1. The van der Waals surface area contributed by atoms with Gasteiger partial charge in [0.15, 0.2) is 6.10 Å². The van der Waals surface area contributed by atoms with E-state index in [4.69, 9.17) is 4.74 Å². The van der Waals surface area contributed by atoms with E-state index in [9.17, 15) is 4.79 Å². The van der Waals surface area contributed by atoms with Gasteiger partial charge < -0.3 is 10.1 Å². The van der Waals surface area contributed by atoms with Crippen molar-refractivity contribution < 1.29 is 9.53 Å². The molecule has 3 aromatic carbocycles. The summed E-state index contributed by atoms with van der Waals surface area (Å²) in [6.07, 6.45) is 4.87. The molecule has 3 heteroatoms. The molecule has 1 N–H and O–H groups in total. The number of ether oxygens (including phenoxy) is 1. The summed E-state index contributed by atoms with van der Waals surface area (Å²) in [6.45, 7) is 1.98. The number of hydrogen-bond acceptors (Lipinski definition) is 2. The molecule has 27 heavy (non-hydrogen) atoms. The first kappa shape index (κ1) is 17.6. The van der Waals surface area contributed by atoms with Crippen LogP contribution >= 0.6 is 0 Å². The van der Waals surface area contributed by atoms with Crippen LogP contribution in [0.25, 0.3) is 10.8 Å². The maximum Gasteiger partial charge on any atom is 0.265 e. The lowest BCUT2D eigenvalue weighted by Crippen LogP contribution is -2.32. The minimum absolute atomic E-state index is 0.106. The van der Waals surface area contributed by atoms with Crippen LogP contribution < -0.4 is 10.1 Å². The minimum atomic E-state index is -0.502. The van der Waals surface area contributed by atoms with Crippen molar-refractivity contribution in [2.45, 2.75) is 45.1 Å². The van der Waals surface area contributed by atoms with Crippen LogP contribution in [0.2, 0.25) is 0 Å². The van der Waals surface area contributed by atoms with Crippen molar-refractivity contribution in [3.8, 4) is 5.75 Å². The van der Waals surface area contributed by atoms with Crippen LogP contribution in [0.1, 0.15) is 37.3 Å². The Labute approximate surface area is 160 Å². The van der Waals surface area contributed by atoms with Crippen molar-refractivity contribution in [3.05, 3.63) is 71.8 Å². The van der Waals surface area contributed by atoms with Gasteiger partial charge in [-0.25, -0.2) is 0 Å². The number of benzene rings is 3. The maximum absolute atomic E-state index is 12.7. The second-order valence-corrected chi connectivity index (χ2v) is 7.20. The first-order chi connectivity index (χ1) is 13.2. The molecule has 3 nitrogen and oxygen atoms in total. The Kier molecular flexibility index (Phi) is 5.10. The lowest BCUT2D eigenvalue weighted by Gasteiger charge is -2.20. The molecule has 0 aliphatic heterocycles. The molecule has 0 radical (unpaired) electrons. The van der Waals surface area contributed by atoms with E-state index in [2.05, 4.69) is 23.5 Å². The van der Waals surface area contributed by atoms with Crippen molar-refractivity contribution in [2.24, 2.45) is 0 Å². The van der Waals surface area contributed by atoms with Gasteiger partial charge in [-0.1, -0.05) is 43.3 Å². The quantitative estimate of drug-likeness (QED) is 0.652. The van der Waals surface area contributed by atoms with Crippen LogP contribution in [-0.2, 0) is 17.6 Å². The Morgan fingerprint density at radius 2 is 1.74 bits per heavy atom. The number of nitrogens with one attached hydrogen (secondary N) is 1. The van der Waals surface area contributed by atoms with Crippen LogP contribution in [0.5, 0.6) is 5.75 Å². The summed E-state index contributed by atoms with van der Waals surface area (Å²) < 4.78 is 6.04. The van der Waals surface area contributed by atoms with Crippen molar-refractivity contribution in [2.75, 3.05) is 5.32 Å². The number of carbonyl (C=O) groups is 1. The molecule has 0 bridgehead atoms. The molecule has 0 spiro atoms. The molecule has 1 aliphatic rings. The van der Waals surface area contributed by atoms with E-state index in [1.54, 1.807) is 0 Å². The monoisotopic (exact) mass is 359 g/mol. The van der Waals surface area contributed by atoms with E-state index < -0.39 is 6.10 Å². The zero-order valence-corrected chi connectivity index (χ0v) is 15.7. The molecule has 0 fully saturated rings. The van der Waals surface area contributed by atoms with Gasteiger partial charge in [-0.15, -0.1) is 0 Å². The highest BCUT2D eigenvalue weighted by atomic mass is 16.5. The third-order valence-corrected chi connectivity index (χ3v) is 5.28. The molecule has 1 amide bonds. The second kappa shape index (κ2) is 7.83. The summed E-state index contributed by atoms with van der Waals surface area (Å²) in [6, 6.07) is 20.3. The fraction of sp³-hybridized carbons (Fsp3) is 0.292. The standard InChI is InChI=1S/C24H25NO2/c1-2-23(27-22-14-12-18-8-4-6-10-20(18)16-22)24(26)25-21-13-11-17-7-3-5-9-19(17)15-21/h3,5,7,9,11-16,23H,2,4,6,8,10H2,1H3,(H,25,26)/t23-/m1/s1. The lowest BCUT2D eigenvalue weighted by atomic mass is 9.92. The van der Waals surface area contributed by atoms with Crippen LogP contribution in [-0.4, -0.2) is 12.0 Å². The van der Waals surface area contributed by atoms with Crippen LogP contribution in [0.3, 0.4) is 0 Å². The van der Waals surface area contributed by atoms with Gasteiger partial charge in [0.1, 0.15) is 5.75 Å². The molecule has 0 saturated carbocycles. The molecular weight excluding hydrogens is 334 g/mol. The fourth-order valence-electron chi connectivity index (χ4n) is 3.76. The van der Waals surface area contributed by atoms with E-state index in [0.29, 0.717) is 6.42 Å². The van der Waals surface area contributed by atoms with E-state index in [0.717, 1.165) is 35.1 Å². The van der Waals surface area contributed by atoms with Gasteiger partial charge in [0, 0.05) is 5.69 Å². The largest absolute Gasteiger partial charge is 0.481 e. The van der Waals surface area contributed by atoms with Gasteiger partial charge in [-0.05, 0) is 78.3 Å². The molecule has 3 aromatic rings. The topological polar surface area (TPSA) is 38.3 Å². The zero-order valence-electron chi connectivity index (χ0n) is 15.7. The Morgan fingerprint density at radius 3 is 2.56 bits per heavy atom. The van der Waals surface area contributed by atoms with Gasteiger partial charge in [0.05, 0.1) is 0 Å². The Hall–Kier alpha value is -2.81. The number of aryl methyl sites for hydroxylation is 2. The van der Waals surface area contributed by atoms with Crippen molar-refractivity contribution in [1.29, 1.82) is 0 Å². The smallest absolute Gasteiger partial charge is 0.265 e. The van der Waals surface area contributed by atoms with Gasteiger partial charge in [0.2, 0.25) is 0 Å². The van der Waals surface area contributed by atoms with Gasteiger partial charge >= 0.3 is 0 Å². The Balaban J connectivity index is 1.47. The molecule has 4 rings (SSSR count). The highest BCUT2D eigenvalue weighted by molar-refractivity contribution is 5.96. The number of fused-ring (bicyclic) bond motifs is 2. The van der Waals surface area contributed by atoms with E-state index in [1.165, 1.54) is 24.0 Å². The minimum Gasteiger partial charge on any atom is -0.481 e.